The third-order valence-corrected chi connectivity index (χ3v) is 3.72. The minimum atomic E-state index is 0.702. The smallest absolute Gasteiger partial charge is 0.217 e. The molecule has 3 nitrogen and oxygen atoms in total. The van der Waals surface area contributed by atoms with Gasteiger partial charge in [0.05, 0.1) is 12.3 Å². The molecule has 0 radical (unpaired) electrons. The van der Waals surface area contributed by atoms with Crippen molar-refractivity contribution in [2.75, 3.05) is 6.61 Å². The summed E-state index contributed by atoms with van der Waals surface area (Å²) in [5.41, 5.74) is 5.50. The molecule has 0 bridgehead atoms. The Labute approximate surface area is 123 Å². The zero-order chi connectivity index (χ0) is 14.1. The molecule has 1 aliphatic rings. The molecule has 0 atom stereocenters. The van der Waals surface area contributed by atoms with E-state index in [0.717, 1.165) is 29.1 Å². The molecule has 0 saturated carbocycles. The van der Waals surface area contributed by atoms with Gasteiger partial charge in [-0.1, -0.05) is 36.4 Å². The number of pyridine rings is 2. The fourth-order valence-electron chi connectivity index (χ4n) is 2.70. The van der Waals surface area contributed by atoms with Gasteiger partial charge in [0.25, 0.3) is 0 Å². The lowest BCUT2D eigenvalue weighted by Crippen LogP contribution is -1.92. The van der Waals surface area contributed by atoms with Crippen LogP contribution in [-0.2, 0) is 6.42 Å². The predicted molar refractivity (Wildman–Crippen MR) is 82.1 cm³/mol. The molecule has 1 aliphatic heterocycles. The quantitative estimate of drug-likeness (QED) is 0.714. The summed E-state index contributed by atoms with van der Waals surface area (Å²) < 4.78 is 5.69. The van der Waals surface area contributed by atoms with Gasteiger partial charge in [-0.05, 0) is 17.7 Å². The van der Waals surface area contributed by atoms with Gasteiger partial charge in [-0.3, -0.25) is 4.98 Å². The largest absolute Gasteiger partial charge is 0.477 e. The van der Waals surface area contributed by atoms with Crippen molar-refractivity contribution in [2.24, 2.45) is 0 Å². The monoisotopic (exact) mass is 274 g/mol. The van der Waals surface area contributed by atoms with Crippen molar-refractivity contribution in [1.29, 1.82) is 0 Å². The number of ether oxygens (including phenoxy) is 1. The summed E-state index contributed by atoms with van der Waals surface area (Å²) in [6.45, 7) is 0.702. The number of hydrogen-bond acceptors (Lipinski definition) is 3. The third kappa shape index (κ3) is 2.17. The lowest BCUT2D eigenvalue weighted by Gasteiger charge is -2.10. The highest BCUT2D eigenvalue weighted by atomic mass is 16.5. The zero-order valence-corrected chi connectivity index (χ0v) is 11.5. The maximum atomic E-state index is 5.69. The molecule has 21 heavy (non-hydrogen) atoms. The summed E-state index contributed by atoms with van der Waals surface area (Å²) in [5, 5.41) is 0. The van der Waals surface area contributed by atoms with Crippen LogP contribution >= 0.6 is 0 Å². The molecule has 0 saturated heterocycles. The molecule has 4 rings (SSSR count). The van der Waals surface area contributed by atoms with E-state index in [1.165, 1.54) is 11.1 Å². The second-order valence-corrected chi connectivity index (χ2v) is 5.04. The van der Waals surface area contributed by atoms with Crippen LogP contribution < -0.4 is 4.74 Å². The molecule has 0 N–H and O–H groups in total. The summed E-state index contributed by atoms with van der Waals surface area (Å²) in [6.07, 6.45) is 4.59. The molecule has 3 heterocycles. The third-order valence-electron chi connectivity index (χ3n) is 3.72. The van der Waals surface area contributed by atoms with Gasteiger partial charge in [-0.25, -0.2) is 4.98 Å². The topological polar surface area (TPSA) is 35.0 Å². The summed E-state index contributed by atoms with van der Waals surface area (Å²) in [5.74, 6) is 0.759. The van der Waals surface area contributed by atoms with Crippen LogP contribution in [0.4, 0.5) is 0 Å². The number of rotatable bonds is 2. The van der Waals surface area contributed by atoms with Gasteiger partial charge >= 0.3 is 0 Å². The second-order valence-electron chi connectivity index (χ2n) is 5.04. The summed E-state index contributed by atoms with van der Waals surface area (Å²) >= 11 is 0. The predicted octanol–water partition coefficient (Wildman–Crippen LogP) is 3.75. The summed E-state index contributed by atoms with van der Waals surface area (Å²) in [6, 6.07) is 16.4. The highest BCUT2D eigenvalue weighted by Gasteiger charge is 2.20. The minimum absolute atomic E-state index is 0.702. The molecule has 0 aliphatic carbocycles. The minimum Gasteiger partial charge on any atom is -0.477 e. The first-order valence-corrected chi connectivity index (χ1v) is 7.04. The van der Waals surface area contributed by atoms with E-state index >= 15 is 0 Å². The van der Waals surface area contributed by atoms with E-state index in [2.05, 4.69) is 34.2 Å². The van der Waals surface area contributed by atoms with Crippen molar-refractivity contribution in [3.05, 3.63) is 66.5 Å². The average Bonchev–Trinajstić information content (AvgIpc) is 3.04. The van der Waals surface area contributed by atoms with Crippen molar-refractivity contribution in [2.45, 2.75) is 6.42 Å². The maximum Gasteiger partial charge on any atom is 0.217 e. The molecule has 0 fully saturated rings. The first-order chi connectivity index (χ1) is 10.4. The highest BCUT2D eigenvalue weighted by Crippen LogP contribution is 2.36. The van der Waals surface area contributed by atoms with Crippen LogP contribution in [0.1, 0.15) is 5.56 Å². The molecule has 3 heteroatoms. The van der Waals surface area contributed by atoms with Crippen LogP contribution in [0.15, 0.2) is 60.9 Å². The van der Waals surface area contributed by atoms with E-state index < -0.39 is 0 Å². The second kappa shape index (κ2) is 5.02. The first kappa shape index (κ1) is 12.1. The standard InChI is InChI=1S/C18H14N2O/c1-2-5-13(6-3-1)17-11-16(14-7-4-9-19-12-14)15-8-10-21-18(15)20-17/h1-7,9,11-12H,8,10H2. The Morgan fingerprint density at radius 1 is 0.952 bits per heavy atom. The Morgan fingerprint density at radius 3 is 2.62 bits per heavy atom. The van der Waals surface area contributed by atoms with Gasteiger partial charge in [0.2, 0.25) is 5.88 Å². The van der Waals surface area contributed by atoms with Crippen LogP contribution in [0.2, 0.25) is 0 Å². The number of aromatic nitrogens is 2. The Balaban J connectivity index is 1.92. The maximum absolute atomic E-state index is 5.69. The number of nitrogens with zero attached hydrogens (tertiary/aromatic N) is 2. The fraction of sp³-hybridized carbons (Fsp3) is 0.111. The number of fused-ring (bicyclic) bond motifs is 1. The summed E-state index contributed by atoms with van der Waals surface area (Å²) in [7, 11) is 0. The van der Waals surface area contributed by atoms with Crippen LogP contribution in [-0.4, -0.2) is 16.6 Å². The van der Waals surface area contributed by atoms with E-state index in [1.807, 2.05) is 30.5 Å². The first-order valence-electron chi connectivity index (χ1n) is 7.04. The lowest BCUT2D eigenvalue weighted by molar-refractivity contribution is 0.345. The Kier molecular flexibility index (Phi) is 2.89. The SMILES string of the molecule is c1ccc(-c2cc(-c3cccnc3)c3c(n2)OCC3)cc1. The molecular formula is C18H14N2O. The molecule has 0 spiro atoms. The van der Waals surface area contributed by atoms with Crippen molar-refractivity contribution in [3.8, 4) is 28.3 Å². The molecule has 0 amide bonds. The van der Waals surface area contributed by atoms with E-state index in [-0.39, 0.29) is 0 Å². The Bertz CT molecular complexity index is 770. The molecule has 0 unspecified atom stereocenters. The average molecular weight is 274 g/mol. The van der Waals surface area contributed by atoms with E-state index in [9.17, 15) is 0 Å². The number of hydrogen-bond donors (Lipinski definition) is 0. The number of benzene rings is 1. The van der Waals surface area contributed by atoms with Crippen molar-refractivity contribution >= 4 is 0 Å². The van der Waals surface area contributed by atoms with Gasteiger partial charge in [0.1, 0.15) is 0 Å². The zero-order valence-electron chi connectivity index (χ0n) is 11.5. The van der Waals surface area contributed by atoms with Crippen LogP contribution in [0, 0.1) is 0 Å². The molecular weight excluding hydrogens is 260 g/mol. The van der Waals surface area contributed by atoms with Gasteiger partial charge in [0, 0.05) is 35.5 Å². The van der Waals surface area contributed by atoms with Crippen molar-refractivity contribution in [3.63, 3.8) is 0 Å². The Hall–Kier alpha value is -2.68. The van der Waals surface area contributed by atoms with Gasteiger partial charge in [-0.15, -0.1) is 0 Å². The molecule has 1 aromatic carbocycles. The lowest BCUT2D eigenvalue weighted by atomic mass is 9.99. The van der Waals surface area contributed by atoms with Crippen LogP contribution in [0.25, 0.3) is 22.4 Å². The molecule has 102 valence electrons. The fourth-order valence-corrected chi connectivity index (χ4v) is 2.70. The normalized spacial score (nSPS) is 12.8. The van der Waals surface area contributed by atoms with Gasteiger partial charge < -0.3 is 4.74 Å². The van der Waals surface area contributed by atoms with Gasteiger partial charge in [0.15, 0.2) is 0 Å². The van der Waals surface area contributed by atoms with Crippen molar-refractivity contribution in [1.82, 2.24) is 9.97 Å². The van der Waals surface area contributed by atoms with E-state index in [4.69, 9.17) is 4.74 Å². The molecule has 3 aromatic rings. The van der Waals surface area contributed by atoms with Gasteiger partial charge in [-0.2, -0.15) is 0 Å². The van der Waals surface area contributed by atoms with E-state index in [1.54, 1.807) is 6.20 Å². The van der Waals surface area contributed by atoms with Crippen LogP contribution in [0.5, 0.6) is 5.88 Å². The van der Waals surface area contributed by atoms with Crippen LogP contribution in [0.3, 0.4) is 0 Å². The summed E-state index contributed by atoms with van der Waals surface area (Å²) in [4.78, 5) is 8.89. The molecule has 2 aromatic heterocycles. The van der Waals surface area contributed by atoms with E-state index in [0.29, 0.717) is 6.61 Å². The highest BCUT2D eigenvalue weighted by molar-refractivity contribution is 5.75. The van der Waals surface area contributed by atoms with Crippen molar-refractivity contribution < 1.29 is 4.74 Å². The Morgan fingerprint density at radius 2 is 1.81 bits per heavy atom.